The Morgan fingerprint density at radius 3 is 2.65 bits per heavy atom. The lowest BCUT2D eigenvalue weighted by molar-refractivity contribution is 0.414. The van der Waals surface area contributed by atoms with E-state index in [9.17, 15) is 9.50 Å². The van der Waals surface area contributed by atoms with Gasteiger partial charge in [0.1, 0.15) is 17.3 Å². The molecule has 1 aliphatic rings. The lowest BCUT2D eigenvalue weighted by Crippen LogP contribution is -2.03. The van der Waals surface area contributed by atoms with Crippen LogP contribution >= 0.6 is 0 Å². The summed E-state index contributed by atoms with van der Waals surface area (Å²) in [5, 5.41) is 9.32. The molecule has 2 nitrogen and oxygen atoms in total. The Labute approximate surface area is 117 Å². The molecule has 102 valence electrons. The fourth-order valence-corrected chi connectivity index (χ4v) is 2.63. The molecule has 1 N–H and O–H groups in total. The lowest BCUT2D eigenvalue weighted by Gasteiger charge is -2.19. The summed E-state index contributed by atoms with van der Waals surface area (Å²) in [5.41, 5.74) is 3.59. The van der Waals surface area contributed by atoms with E-state index < -0.39 is 5.82 Å². The van der Waals surface area contributed by atoms with Gasteiger partial charge in [0, 0.05) is 11.6 Å². The van der Waals surface area contributed by atoms with Crippen molar-refractivity contribution in [2.75, 3.05) is 7.11 Å². The number of hydrogen-bond donors (Lipinski definition) is 1. The molecular formula is C17H15FO2. The molecule has 0 bridgehead atoms. The van der Waals surface area contributed by atoms with Crippen molar-refractivity contribution in [1.82, 2.24) is 0 Å². The van der Waals surface area contributed by atoms with Gasteiger partial charge in [-0.25, -0.2) is 4.39 Å². The highest BCUT2D eigenvalue weighted by Crippen LogP contribution is 2.35. The number of hydrogen-bond acceptors (Lipinski definition) is 2. The molecule has 20 heavy (non-hydrogen) atoms. The third-order valence-electron chi connectivity index (χ3n) is 3.61. The minimum absolute atomic E-state index is 0.0578. The molecule has 0 fully saturated rings. The van der Waals surface area contributed by atoms with Gasteiger partial charge in [0.05, 0.1) is 7.11 Å². The van der Waals surface area contributed by atoms with Crippen molar-refractivity contribution in [3.05, 3.63) is 65.0 Å². The van der Waals surface area contributed by atoms with Crippen molar-refractivity contribution in [2.45, 2.75) is 12.8 Å². The molecule has 0 aliphatic heterocycles. The van der Waals surface area contributed by atoms with E-state index in [1.54, 1.807) is 13.2 Å². The molecule has 0 radical (unpaired) electrons. The molecule has 0 heterocycles. The number of ether oxygens (including phenoxy) is 1. The second kappa shape index (κ2) is 5.00. The predicted molar refractivity (Wildman–Crippen MR) is 76.5 cm³/mol. The molecule has 1 aliphatic carbocycles. The SMILES string of the molecule is COc1ccc2c(c1)CCC=C2c1ccc(O)cc1F. The summed E-state index contributed by atoms with van der Waals surface area (Å²) in [4.78, 5) is 0. The van der Waals surface area contributed by atoms with E-state index in [0.29, 0.717) is 5.56 Å². The van der Waals surface area contributed by atoms with Crippen molar-refractivity contribution in [3.8, 4) is 11.5 Å². The van der Waals surface area contributed by atoms with E-state index >= 15 is 0 Å². The maximum absolute atomic E-state index is 14.0. The van der Waals surface area contributed by atoms with Crippen LogP contribution in [0.15, 0.2) is 42.5 Å². The first-order valence-electron chi connectivity index (χ1n) is 6.55. The van der Waals surface area contributed by atoms with E-state index in [2.05, 4.69) is 0 Å². The Morgan fingerprint density at radius 2 is 1.90 bits per heavy atom. The minimum atomic E-state index is -0.403. The van der Waals surface area contributed by atoms with Gasteiger partial charge in [-0.2, -0.15) is 0 Å². The summed E-state index contributed by atoms with van der Waals surface area (Å²) in [6.45, 7) is 0. The van der Waals surface area contributed by atoms with Crippen LogP contribution in [0.1, 0.15) is 23.1 Å². The molecule has 0 atom stereocenters. The molecule has 2 aromatic carbocycles. The molecule has 0 unspecified atom stereocenters. The Bertz CT molecular complexity index is 689. The summed E-state index contributed by atoms with van der Waals surface area (Å²) in [6, 6.07) is 10.1. The first kappa shape index (κ1) is 12.7. The highest BCUT2D eigenvalue weighted by atomic mass is 19.1. The van der Waals surface area contributed by atoms with Gasteiger partial charge in [-0.05, 0) is 53.8 Å². The molecule has 0 saturated heterocycles. The van der Waals surface area contributed by atoms with Gasteiger partial charge in [0.25, 0.3) is 0 Å². The summed E-state index contributed by atoms with van der Waals surface area (Å²) in [7, 11) is 1.64. The quantitative estimate of drug-likeness (QED) is 0.896. The van der Waals surface area contributed by atoms with Crippen molar-refractivity contribution >= 4 is 5.57 Å². The van der Waals surface area contributed by atoms with Crippen LogP contribution in [0.3, 0.4) is 0 Å². The first-order valence-corrected chi connectivity index (χ1v) is 6.55. The first-order chi connectivity index (χ1) is 9.69. The highest BCUT2D eigenvalue weighted by molar-refractivity contribution is 5.83. The summed E-state index contributed by atoms with van der Waals surface area (Å²) < 4.78 is 19.3. The topological polar surface area (TPSA) is 29.5 Å². The molecular weight excluding hydrogens is 255 g/mol. The molecule has 2 aromatic rings. The van der Waals surface area contributed by atoms with Gasteiger partial charge in [-0.1, -0.05) is 12.1 Å². The Balaban J connectivity index is 2.10. The van der Waals surface area contributed by atoms with Gasteiger partial charge in [-0.3, -0.25) is 0 Å². The Kier molecular flexibility index (Phi) is 3.18. The Morgan fingerprint density at radius 1 is 1.10 bits per heavy atom. The van der Waals surface area contributed by atoms with Crippen molar-refractivity contribution in [3.63, 3.8) is 0 Å². The molecule has 0 saturated carbocycles. The van der Waals surface area contributed by atoms with Crippen LogP contribution in [0.2, 0.25) is 0 Å². The number of phenolic OH excluding ortho intramolecular Hbond substituents is 1. The number of aromatic hydroxyl groups is 1. The molecule has 0 spiro atoms. The molecule has 0 aromatic heterocycles. The number of benzene rings is 2. The van der Waals surface area contributed by atoms with Gasteiger partial charge >= 0.3 is 0 Å². The lowest BCUT2D eigenvalue weighted by atomic mass is 9.86. The van der Waals surface area contributed by atoms with Gasteiger partial charge in [0.2, 0.25) is 0 Å². The molecule has 0 amide bonds. The second-order valence-electron chi connectivity index (χ2n) is 4.84. The van der Waals surface area contributed by atoms with Crippen LogP contribution in [0.25, 0.3) is 5.57 Å². The summed E-state index contributed by atoms with van der Waals surface area (Å²) >= 11 is 0. The number of phenols is 1. The van der Waals surface area contributed by atoms with Crippen LogP contribution in [0.4, 0.5) is 4.39 Å². The van der Waals surface area contributed by atoms with Crippen molar-refractivity contribution in [1.29, 1.82) is 0 Å². The maximum atomic E-state index is 14.0. The van der Waals surface area contributed by atoms with Crippen LogP contribution in [0, 0.1) is 5.82 Å². The zero-order valence-electron chi connectivity index (χ0n) is 11.2. The van der Waals surface area contributed by atoms with Crippen LogP contribution in [0.5, 0.6) is 11.5 Å². The number of fused-ring (bicyclic) bond motifs is 1. The fraction of sp³-hybridized carbons (Fsp3) is 0.176. The van der Waals surface area contributed by atoms with Crippen LogP contribution in [-0.4, -0.2) is 12.2 Å². The number of methoxy groups -OCH3 is 1. The third-order valence-corrected chi connectivity index (χ3v) is 3.61. The largest absolute Gasteiger partial charge is 0.508 e. The van der Waals surface area contributed by atoms with Crippen molar-refractivity contribution < 1.29 is 14.2 Å². The molecule has 3 heteroatoms. The smallest absolute Gasteiger partial charge is 0.134 e. The third kappa shape index (κ3) is 2.16. The van der Waals surface area contributed by atoms with E-state index in [-0.39, 0.29) is 5.75 Å². The van der Waals surface area contributed by atoms with E-state index in [0.717, 1.165) is 41.4 Å². The van der Waals surface area contributed by atoms with E-state index in [1.807, 2.05) is 24.3 Å². The number of aryl methyl sites for hydroxylation is 1. The number of halogens is 1. The minimum Gasteiger partial charge on any atom is -0.508 e. The standard InChI is InChI=1S/C17H15FO2/c1-20-13-6-8-14-11(9-13)3-2-4-15(14)16-7-5-12(19)10-17(16)18/h4-10,19H,2-3H2,1H3. The average Bonchev–Trinajstić information content (AvgIpc) is 2.46. The number of rotatable bonds is 2. The zero-order chi connectivity index (χ0) is 14.1. The maximum Gasteiger partial charge on any atom is 0.134 e. The highest BCUT2D eigenvalue weighted by Gasteiger charge is 2.17. The molecule has 3 rings (SSSR count). The summed E-state index contributed by atoms with van der Waals surface area (Å²) in [6.07, 6.45) is 3.84. The van der Waals surface area contributed by atoms with Crippen molar-refractivity contribution in [2.24, 2.45) is 0 Å². The summed E-state index contributed by atoms with van der Waals surface area (Å²) in [5.74, 6) is 0.355. The second-order valence-corrected chi connectivity index (χ2v) is 4.84. The van der Waals surface area contributed by atoms with Gasteiger partial charge in [0.15, 0.2) is 0 Å². The van der Waals surface area contributed by atoms with E-state index in [4.69, 9.17) is 4.74 Å². The fourth-order valence-electron chi connectivity index (χ4n) is 2.63. The van der Waals surface area contributed by atoms with Gasteiger partial charge in [-0.15, -0.1) is 0 Å². The predicted octanol–water partition coefficient (Wildman–Crippen LogP) is 3.92. The monoisotopic (exact) mass is 270 g/mol. The van der Waals surface area contributed by atoms with Crippen LogP contribution < -0.4 is 4.74 Å². The van der Waals surface area contributed by atoms with E-state index in [1.165, 1.54) is 6.07 Å². The van der Waals surface area contributed by atoms with Crippen LogP contribution in [-0.2, 0) is 6.42 Å². The Hall–Kier alpha value is -2.29. The van der Waals surface area contributed by atoms with Gasteiger partial charge < -0.3 is 9.84 Å². The normalized spacial score (nSPS) is 13.6. The average molecular weight is 270 g/mol. The zero-order valence-corrected chi connectivity index (χ0v) is 11.2. The number of allylic oxidation sites excluding steroid dienone is 1.